The molecule has 1 aromatic heterocycles. The second kappa shape index (κ2) is 7.04. The summed E-state index contributed by atoms with van der Waals surface area (Å²) in [5.41, 5.74) is 0. The Labute approximate surface area is 118 Å². The van der Waals surface area contributed by atoms with Crippen LogP contribution in [-0.4, -0.2) is 33.3 Å². The average Bonchev–Trinajstić information content (AvgIpc) is 2.71. The van der Waals surface area contributed by atoms with Gasteiger partial charge in [0.15, 0.2) is 11.6 Å². The Balaban J connectivity index is 3.11. The van der Waals surface area contributed by atoms with Crippen molar-refractivity contribution in [3.05, 3.63) is 23.8 Å². The minimum Gasteiger partial charge on any atom is -0.262 e. The summed E-state index contributed by atoms with van der Waals surface area (Å²) in [7, 11) is 1.82. The monoisotopic (exact) mass is 282 g/mol. The van der Waals surface area contributed by atoms with Crippen molar-refractivity contribution in [2.45, 2.75) is 33.7 Å². The Bertz CT molecular complexity index is 502. The first-order valence-electron chi connectivity index (χ1n) is 6.01. The Morgan fingerprint density at radius 1 is 1.42 bits per heavy atom. The average molecular weight is 283 g/mol. The molecule has 1 rings (SSSR count). The summed E-state index contributed by atoms with van der Waals surface area (Å²) in [5.74, 6) is 1.43. The Hall–Kier alpha value is -1.69. The standard InChI is InChI=1S/C12H19ClN6/c1-6-8-11(13)15-9(3)12-17-16-10(4)19(12)18(5)14-7-2/h6-9H,1-5H3/b8-6+,14-7-,15-11+/t9-/m0/s1. The summed E-state index contributed by atoms with van der Waals surface area (Å²) < 4.78 is 1.80. The fourth-order valence-electron chi connectivity index (χ4n) is 1.63. The lowest BCUT2D eigenvalue weighted by Gasteiger charge is -2.18. The van der Waals surface area contributed by atoms with Gasteiger partial charge in [-0.15, -0.1) is 10.2 Å². The van der Waals surface area contributed by atoms with Gasteiger partial charge in [-0.1, -0.05) is 17.7 Å². The van der Waals surface area contributed by atoms with Crippen molar-refractivity contribution in [3.63, 3.8) is 0 Å². The number of hydrogen-bond acceptors (Lipinski definition) is 5. The first-order chi connectivity index (χ1) is 9.01. The van der Waals surface area contributed by atoms with Crippen LogP contribution in [-0.2, 0) is 0 Å². The number of rotatable bonds is 5. The van der Waals surface area contributed by atoms with Gasteiger partial charge in [0.2, 0.25) is 0 Å². The first kappa shape index (κ1) is 15.4. The number of hydrazone groups is 1. The molecule has 0 amide bonds. The normalized spacial score (nSPS) is 14.5. The molecule has 19 heavy (non-hydrogen) atoms. The highest BCUT2D eigenvalue weighted by atomic mass is 35.5. The highest BCUT2D eigenvalue weighted by Gasteiger charge is 2.17. The number of allylic oxidation sites excluding steroid dienone is 2. The van der Waals surface area contributed by atoms with Crippen molar-refractivity contribution in [2.24, 2.45) is 10.1 Å². The molecule has 0 aliphatic heterocycles. The molecule has 0 spiro atoms. The highest BCUT2D eigenvalue weighted by Crippen LogP contribution is 2.17. The molecular weight excluding hydrogens is 264 g/mol. The molecule has 7 heteroatoms. The van der Waals surface area contributed by atoms with Crippen molar-refractivity contribution >= 4 is 23.0 Å². The van der Waals surface area contributed by atoms with Crippen LogP contribution in [0.4, 0.5) is 0 Å². The van der Waals surface area contributed by atoms with Gasteiger partial charge in [0.25, 0.3) is 0 Å². The number of halogens is 1. The highest BCUT2D eigenvalue weighted by molar-refractivity contribution is 6.68. The van der Waals surface area contributed by atoms with E-state index in [0.717, 1.165) is 5.82 Å². The molecule has 104 valence electrons. The minimum absolute atomic E-state index is 0.209. The van der Waals surface area contributed by atoms with Crippen LogP contribution < -0.4 is 5.12 Å². The quantitative estimate of drug-likeness (QED) is 0.616. The van der Waals surface area contributed by atoms with E-state index in [-0.39, 0.29) is 6.04 Å². The lowest BCUT2D eigenvalue weighted by atomic mass is 10.3. The third-order valence-corrected chi connectivity index (χ3v) is 2.61. The van der Waals surface area contributed by atoms with E-state index in [1.54, 1.807) is 22.1 Å². The molecule has 0 unspecified atom stereocenters. The molecular formula is C12H19ClN6. The molecule has 0 aliphatic rings. The number of aryl methyl sites for hydroxylation is 1. The zero-order valence-corrected chi connectivity index (χ0v) is 12.6. The molecule has 0 saturated heterocycles. The molecule has 1 heterocycles. The van der Waals surface area contributed by atoms with Crippen molar-refractivity contribution in [3.8, 4) is 0 Å². The zero-order valence-electron chi connectivity index (χ0n) is 11.9. The first-order valence-corrected chi connectivity index (χ1v) is 6.39. The summed E-state index contributed by atoms with van der Waals surface area (Å²) >= 11 is 5.99. The molecule has 1 atom stereocenters. The number of aliphatic imine (C=N–C) groups is 1. The molecule has 0 fully saturated rings. The maximum Gasteiger partial charge on any atom is 0.178 e. The van der Waals surface area contributed by atoms with Gasteiger partial charge in [0.1, 0.15) is 11.2 Å². The Morgan fingerprint density at radius 2 is 2.11 bits per heavy atom. The summed E-state index contributed by atoms with van der Waals surface area (Å²) in [4.78, 5) is 4.35. The second-order valence-corrected chi connectivity index (χ2v) is 4.30. The summed E-state index contributed by atoms with van der Waals surface area (Å²) in [5, 5.41) is 14.5. The van der Waals surface area contributed by atoms with Gasteiger partial charge in [-0.2, -0.15) is 5.10 Å². The van der Waals surface area contributed by atoms with Crippen LogP contribution in [0.25, 0.3) is 0 Å². The fraction of sp³-hybridized carbons (Fsp3) is 0.500. The van der Waals surface area contributed by atoms with Crippen LogP contribution >= 0.6 is 11.6 Å². The van der Waals surface area contributed by atoms with Crippen molar-refractivity contribution in [2.75, 3.05) is 12.2 Å². The van der Waals surface area contributed by atoms with E-state index >= 15 is 0 Å². The molecule has 0 aromatic carbocycles. The number of nitrogens with zero attached hydrogens (tertiary/aromatic N) is 6. The molecule has 0 aliphatic carbocycles. The van der Waals surface area contributed by atoms with Gasteiger partial charge in [-0.25, -0.2) is 9.79 Å². The van der Waals surface area contributed by atoms with Crippen LogP contribution in [0.3, 0.4) is 0 Å². The van der Waals surface area contributed by atoms with Gasteiger partial charge in [-0.3, -0.25) is 4.99 Å². The van der Waals surface area contributed by atoms with E-state index in [9.17, 15) is 0 Å². The van der Waals surface area contributed by atoms with E-state index in [0.29, 0.717) is 11.0 Å². The predicted molar refractivity (Wildman–Crippen MR) is 79.6 cm³/mol. The smallest absolute Gasteiger partial charge is 0.178 e. The van der Waals surface area contributed by atoms with Gasteiger partial charge in [-0.05, 0) is 33.8 Å². The molecule has 6 nitrogen and oxygen atoms in total. The van der Waals surface area contributed by atoms with Crippen molar-refractivity contribution < 1.29 is 0 Å². The molecule has 1 aromatic rings. The number of aromatic nitrogens is 3. The van der Waals surface area contributed by atoms with Gasteiger partial charge >= 0.3 is 0 Å². The molecule has 0 bridgehead atoms. The summed E-state index contributed by atoms with van der Waals surface area (Å²) in [6, 6.07) is -0.209. The van der Waals surface area contributed by atoms with Crippen molar-refractivity contribution in [1.82, 2.24) is 14.9 Å². The fourth-order valence-corrected chi connectivity index (χ4v) is 1.91. The van der Waals surface area contributed by atoms with Crippen molar-refractivity contribution in [1.29, 1.82) is 0 Å². The lowest BCUT2D eigenvalue weighted by molar-refractivity contribution is 0.591. The molecule has 0 N–H and O–H groups in total. The molecule has 0 radical (unpaired) electrons. The SMILES string of the molecule is C/C=N\N(C)n1c(C)nnc1[C@H](C)/N=C(Cl)\C=C\C. The summed E-state index contributed by atoms with van der Waals surface area (Å²) in [6.07, 6.45) is 5.27. The van der Waals surface area contributed by atoms with E-state index in [1.807, 2.05) is 40.8 Å². The molecule has 0 saturated carbocycles. The van der Waals surface area contributed by atoms with Gasteiger partial charge in [0, 0.05) is 13.3 Å². The van der Waals surface area contributed by atoms with Crippen LogP contribution in [0.5, 0.6) is 0 Å². The van der Waals surface area contributed by atoms with Crippen LogP contribution in [0.1, 0.15) is 38.5 Å². The third-order valence-electron chi connectivity index (χ3n) is 2.39. The van der Waals surface area contributed by atoms with E-state index in [2.05, 4.69) is 20.3 Å². The topological polar surface area (TPSA) is 58.7 Å². The number of hydrogen-bond donors (Lipinski definition) is 0. The Kier molecular flexibility index (Phi) is 5.69. The van der Waals surface area contributed by atoms with Gasteiger partial charge < -0.3 is 0 Å². The van der Waals surface area contributed by atoms with Crippen LogP contribution in [0.15, 0.2) is 22.2 Å². The van der Waals surface area contributed by atoms with E-state index in [4.69, 9.17) is 11.6 Å². The Morgan fingerprint density at radius 3 is 2.68 bits per heavy atom. The predicted octanol–water partition coefficient (Wildman–Crippen LogP) is 2.43. The van der Waals surface area contributed by atoms with E-state index in [1.165, 1.54) is 0 Å². The minimum atomic E-state index is -0.209. The van der Waals surface area contributed by atoms with Crippen LogP contribution in [0, 0.1) is 6.92 Å². The van der Waals surface area contributed by atoms with Crippen LogP contribution in [0.2, 0.25) is 0 Å². The maximum absolute atomic E-state index is 5.99. The second-order valence-electron chi connectivity index (χ2n) is 3.91. The summed E-state index contributed by atoms with van der Waals surface area (Å²) in [6.45, 7) is 7.51. The van der Waals surface area contributed by atoms with E-state index < -0.39 is 0 Å². The zero-order chi connectivity index (χ0) is 14.4. The van der Waals surface area contributed by atoms with Gasteiger partial charge in [0.05, 0.1) is 0 Å². The third kappa shape index (κ3) is 3.89. The lowest BCUT2D eigenvalue weighted by Crippen LogP contribution is -2.28. The maximum atomic E-state index is 5.99. The largest absolute Gasteiger partial charge is 0.262 e.